The quantitative estimate of drug-likeness (QED) is 0.197. The van der Waals surface area contributed by atoms with Gasteiger partial charge in [0.2, 0.25) is 5.78 Å². The molecule has 0 saturated carbocycles. The smallest absolute Gasteiger partial charge is 0.345 e. The monoisotopic (exact) mass is 262 g/mol. The maximum atomic E-state index is 12.3. The van der Waals surface area contributed by atoms with Crippen LogP contribution in [0.5, 0.6) is 0 Å². The SMILES string of the molecule is CCOC(=O)/C(C(=O)c1ccccc1)=C(/C)OCC. The van der Waals surface area contributed by atoms with Crippen molar-refractivity contribution in [1.82, 2.24) is 0 Å². The molecule has 1 rings (SSSR count). The van der Waals surface area contributed by atoms with E-state index >= 15 is 0 Å². The van der Waals surface area contributed by atoms with Gasteiger partial charge in [0.15, 0.2) is 0 Å². The number of Topliss-reactive ketones (excluding diaryl/α,β-unsaturated/α-hetero) is 1. The van der Waals surface area contributed by atoms with Gasteiger partial charge < -0.3 is 9.47 Å². The molecule has 0 saturated heterocycles. The van der Waals surface area contributed by atoms with Gasteiger partial charge in [-0.15, -0.1) is 0 Å². The molecule has 0 aliphatic heterocycles. The first kappa shape index (κ1) is 15.0. The number of esters is 1. The first-order valence-corrected chi connectivity index (χ1v) is 6.22. The van der Waals surface area contributed by atoms with Crippen molar-refractivity contribution in [2.45, 2.75) is 20.8 Å². The fourth-order valence-electron chi connectivity index (χ4n) is 1.62. The van der Waals surface area contributed by atoms with Crippen molar-refractivity contribution in [1.29, 1.82) is 0 Å². The summed E-state index contributed by atoms with van der Waals surface area (Å²) >= 11 is 0. The van der Waals surface area contributed by atoms with E-state index in [0.29, 0.717) is 12.2 Å². The second-order valence-corrected chi connectivity index (χ2v) is 3.78. The summed E-state index contributed by atoms with van der Waals surface area (Å²) in [6.45, 7) is 5.68. The van der Waals surface area contributed by atoms with Crippen LogP contribution in [0.1, 0.15) is 31.1 Å². The van der Waals surface area contributed by atoms with Gasteiger partial charge in [0, 0.05) is 5.56 Å². The fraction of sp³-hybridized carbons (Fsp3) is 0.333. The van der Waals surface area contributed by atoms with Crippen LogP contribution >= 0.6 is 0 Å². The van der Waals surface area contributed by atoms with E-state index in [1.165, 1.54) is 0 Å². The Bertz CT molecular complexity index is 474. The van der Waals surface area contributed by atoms with Crippen molar-refractivity contribution < 1.29 is 19.1 Å². The Labute approximate surface area is 113 Å². The Morgan fingerprint density at radius 1 is 1.00 bits per heavy atom. The molecule has 0 amide bonds. The molecule has 0 fully saturated rings. The van der Waals surface area contributed by atoms with Crippen LogP contribution in [0.2, 0.25) is 0 Å². The van der Waals surface area contributed by atoms with Crippen molar-refractivity contribution in [2.24, 2.45) is 0 Å². The summed E-state index contributed by atoms with van der Waals surface area (Å²) < 4.78 is 10.2. The first-order chi connectivity index (χ1) is 9.11. The van der Waals surface area contributed by atoms with Crippen LogP contribution in [0.15, 0.2) is 41.7 Å². The molecule has 1 aromatic carbocycles. The van der Waals surface area contributed by atoms with Gasteiger partial charge in [-0.2, -0.15) is 0 Å². The predicted molar refractivity (Wildman–Crippen MR) is 71.7 cm³/mol. The molecule has 19 heavy (non-hydrogen) atoms. The molecule has 0 N–H and O–H groups in total. The van der Waals surface area contributed by atoms with Gasteiger partial charge in [0.25, 0.3) is 0 Å². The van der Waals surface area contributed by atoms with E-state index in [4.69, 9.17) is 9.47 Å². The van der Waals surface area contributed by atoms with Crippen LogP contribution in [-0.4, -0.2) is 25.0 Å². The summed E-state index contributed by atoms with van der Waals surface area (Å²) in [4.78, 5) is 24.2. The molecule has 102 valence electrons. The van der Waals surface area contributed by atoms with E-state index in [-0.39, 0.29) is 23.7 Å². The molecule has 0 aliphatic rings. The average molecular weight is 262 g/mol. The highest BCUT2D eigenvalue weighted by Crippen LogP contribution is 2.15. The van der Waals surface area contributed by atoms with E-state index in [9.17, 15) is 9.59 Å². The van der Waals surface area contributed by atoms with E-state index < -0.39 is 5.97 Å². The Morgan fingerprint density at radius 3 is 2.11 bits per heavy atom. The molecule has 4 nitrogen and oxygen atoms in total. The second-order valence-electron chi connectivity index (χ2n) is 3.78. The molecule has 0 radical (unpaired) electrons. The Kier molecular flexibility index (Phi) is 5.79. The minimum absolute atomic E-state index is 0.0464. The van der Waals surface area contributed by atoms with Gasteiger partial charge in [-0.3, -0.25) is 4.79 Å². The molecule has 0 aromatic heterocycles. The summed E-state index contributed by atoms with van der Waals surface area (Å²) in [5, 5.41) is 0. The van der Waals surface area contributed by atoms with Crippen LogP contribution < -0.4 is 0 Å². The standard InChI is InChI=1S/C15H18O4/c1-4-18-11(3)13(15(17)19-5-2)14(16)12-9-7-6-8-10-12/h6-10H,4-5H2,1-3H3/b13-11-. The normalized spacial score (nSPS) is 11.5. The number of carbonyl (C=O) groups excluding carboxylic acids is 2. The zero-order valence-corrected chi connectivity index (χ0v) is 11.4. The van der Waals surface area contributed by atoms with Gasteiger partial charge in [0.1, 0.15) is 11.3 Å². The van der Waals surface area contributed by atoms with Crippen LogP contribution in [0.4, 0.5) is 0 Å². The average Bonchev–Trinajstić information content (AvgIpc) is 2.40. The highest BCUT2D eigenvalue weighted by atomic mass is 16.5. The zero-order valence-electron chi connectivity index (χ0n) is 11.4. The summed E-state index contributed by atoms with van der Waals surface area (Å²) in [7, 11) is 0. The number of rotatable bonds is 6. The topological polar surface area (TPSA) is 52.6 Å². The lowest BCUT2D eigenvalue weighted by molar-refractivity contribution is -0.138. The zero-order chi connectivity index (χ0) is 14.3. The molecule has 1 aromatic rings. The number of hydrogen-bond donors (Lipinski definition) is 0. The van der Waals surface area contributed by atoms with Crippen molar-refractivity contribution in [2.75, 3.05) is 13.2 Å². The second kappa shape index (κ2) is 7.36. The van der Waals surface area contributed by atoms with Crippen LogP contribution in [0.25, 0.3) is 0 Å². The van der Waals surface area contributed by atoms with Gasteiger partial charge >= 0.3 is 5.97 Å². The van der Waals surface area contributed by atoms with Crippen molar-refractivity contribution in [3.8, 4) is 0 Å². The lowest BCUT2D eigenvalue weighted by Crippen LogP contribution is -2.19. The number of allylic oxidation sites excluding steroid dienone is 1. The highest BCUT2D eigenvalue weighted by molar-refractivity contribution is 6.24. The van der Waals surface area contributed by atoms with Gasteiger partial charge in [0.05, 0.1) is 13.2 Å². The first-order valence-electron chi connectivity index (χ1n) is 6.22. The lowest BCUT2D eigenvalue weighted by atomic mass is 10.0. The fourth-order valence-corrected chi connectivity index (χ4v) is 1.62. The molecule has 0 bridgehead atoms. The maximum absolute atomic E-state index is 12.3. The van der Waals surface area contributed by atoms with E-state index in [0.717, 1.165) is 0 Å². The Balaban J connectivity index is 3.14. The van der Waals surface area contributed by atoms with Crippen molar-refractivity contribution >= 4 is 11.8 Å². The summed E-state index contributed by atoms with van der Waals surface area (Å²) in [6.07, 6.45) is 0. The third kappa shape index (κ3) is 3.95. The molecular weight excluding hydrogens is 244 g/mol. The largest absolute Gasteiger partial charge is 0.497 e. The van der Waals surface area contributed by atoms with Crippen LogP contribution in [0, 0.1) is 0 Å². The highest BCUT2D eigenvalue weighted by Gasteiger charge is 2.24. The summed E-state index contributed by atoms with van der Waals surface area (Å²) in [5.41, 5.74) is 0.388. The number of benzene rings is 1. The van der Waals surface area contributed by atoms with E-state index in [1.54, 1.807) is 51.1 Å². The third-order valence-corrected chi connectivity index (χ3v) is 2.46. The molecule has 0 unspecified atom stereocenters. The third-order valence-electron chi connectivity index (χ3n) is 2.46. The van der Waals surface area contributed by atoms with E-state index in [2.05, 4.69) is 0 Å². The van der Waals surface area contributed by atoms with E-state index in [1.807, 2.05) is 0 Å². The maximum Gasteiger partial charge on any atom is 0.345 e. The summed E-state index contributed by atoms with van der Waals surface area (Å²) in [5.74, 6) is -0.748. The minimum Gasteiger partial charge on any atom is -0.497 e. The molecule has 0 atom stereocenters. The van der Waals surface area contributed by atoms with Gasteiger partial charge in [-0.05, 0) is 20.8 Å². The number of carbonyl (C=O) groups is 2. The number of hydrogen-bond acceptors (Lipinski definition) is 4. The van der Waals surface area contributed by atoms with Gasteiger partial charge in [-0.25, -0.2) is 4.79 Å². The Morgan fingerprint density at radius 2 is 1.58 bits per heavy atom. The van der Waals surface area contributed by atoms with Gasteiger partial charge in [-0.1, -0.05) is 30.3 Å². The molecule has 4 heteroatoms. The van der Waals surface area contributed by atoms with Crippen LogP contribution in [-0.2, 0) is 14.3 Å². The molecular formula is C15H18O4. The predicted octanol–water partition coefficient (Wildman–Crippen LogP) is 2.74. The minimum atomic E-state index is -0.651. The van der Waals surface area contributed by atoms with Crippen molar-refractivity contribution in [3.05, 3.63) is 47.2 Å². The number of ether oxygens (including phenoxy) is 2. The summed E-state index contributed by atoms with van der Waals surface area (Å²) in [6, 6.07) is 8.60. The Hall–Kier alpha value is -2.10. The lowest BCUT2D eigenvalue weighted by Gasteiger charge is -2.11. The molecule has 0 spiro atoms. The van der Waals surface area contributed by atoms with Crippen molar-refractivity contribution in [3.63, 3.8) is 0 Å². The number of ketones is 1. The van der Waals surface area contributed by atoms with Crippen LogP contribution in [0.3, 0.4) is 0 Å². The molecule has 0 heterocycles. The molecule has 0 aliphatic carbocycles.